The summed E-state index contributed by atoms with van der Waals surface area (Å²) in [7, 11) is 0. The molecular weight excluding hydrogens is 176 g/mol. The van der Waals surface area contributed by atoms with Gasteiger partial charge in [0.1, 0.15) is 0 Å². The molecule has 2 rings (SSSR count). The van der Waals surface area contributed by atoms with Crippen LogP contribution in [0.1, 0.15) is 33.1 Å². The second-order valence-corrected chi connectivity index (χ2v) is 4.90. The molecule has 0 spiro atoms. The predicted octanol–water partition coefficient (Wildman–Crippen LogP) is 1.96. The van der Waals surface area contributed by atoms with E-state index in [0.29, 0.717) is 17.9 Å². The molecule has 14 heavy (non-hydrogen) atoms. The highest BCUT2D eigenvalue weighted by atomic mass is 16.4. The molecule has 2 atom stereocenters. The van der Waals surface area contributed by atoms with E-state index < -0.39 is 0 Å². The van der Waals surface area contributed by atoms with Gasteiger partial charge in [0.2, 0.25) is 0 Å². The Labute approximate surface area is 85.8 Å². The van der Waals surface area contributed by atoms with Crippen molar-refractivity contribution in [3.8, 4) is 0 Å². The predicted molar refractivity (Wildman–Crippen MR) is 56.8 cm³/mol. The van der Waals surface area contributed by atoms with Gasteiger partial charge in [0.15, 0.2) is 0 Å². The van der Waals surface area contributed by atoms with Gasteiger partial charge in [-0.15, -0.1) is 0 Å². The minimum Gasteiger partial charge on any atom is -0.411 e. The van der Waals surface area contributed by atoms with Gasteiger partial charge in [-0.2, -0.15) is 0 Å². The first-order chi connectivity index (χ1) is 6.72. The molecule has 3 nitrogen and oxygen atoms in total. The number of likely N-dealkylation sites (tertiary alicyclic amines) is 1. The van der Waals surface area contributed by atoms with Crippen LogP contribution in [0.15, 0.2) is 5.16 Å². The molecule has 1 N–H and O–H groups in total. The lowest BCUT2D eigenvalue weighted by atomic mass is 9.75. The van der Waals surface area contributed by atoms with Crippen LogP contribution < -0.4 is 0 Å². The molecule has 0 aromatic carbocycles. The molecule has 0 amide bonds. The molecule has 2 fully saturated rings. The van der Waals surface area contributed by atoms with Crippen LogP contribution in [-0.2, 0) is 0 Å². The van der Waals surface area contributed by atoms with Crippen LogP contribution in [0.4, 0.5) is 0 Å². The highest BCUT2D eigenvalue weighted by Crippen LogP contribution is 2.33. The van der Waals surface area contributed by atoms with Gasteiger partial charge in [0.05, 0.1) is 5.71 Å². The van der Waals surface area contributed by atoms with Gasteiger partial charge in [-0.1, -0.05) is 11.6 Å². The van der Waals surface area contributed by atoms with Gasteiger partial charge < -0.3 is 5.21 Å². The zero-order valence-electron chi connectivity index (χ0n) is 9.11. The molecule has 2 bridgehead atoms. The first-order valence-electron chi connectivity index (χ1n) is 5.68. The van der Waals surface area contributed by atoms with Crippen molar-refractivity contribution in [2.75, 3.05) is 13.1 Å². The highest BCUT2D eigenvalue weighted by Gasteiger charge is 2.37. The third-order valence-corrected chi connectivity index (χ3v) is 3.70. The van der Waals surface area contributed by atoms with Crippen LogP contribution in [-0.4, -0.2) is 35.0 Å². The highest BCUT2D eigenvalue weighted by molar-refractivity contribution is 5.90. The minimum absolute atomic E-state index is 0.523. The lowest BCUT2D eigenvalue weighted by Gasteiger charge is -2.43. The molecule has 1 aliphatic heterocycles. The Bertz CT molecular complexity index is 221. The largest absolute Gasteiger partial charge is 0.411 e. The number of fused-ring (bicyclic) bond motifs is 2. The molecule has 0 aromatic heterocycles. The van der Waals surface area contributed by atoms with Crippen molar-refractivity contribution in [1.29, 1.82) is 0 Å². The van der Waals surface area contributed by atoms with E-state index in [9.17, 15) is 0 Å². The molecule has 0 unspecified atom stereocenters. The molecule has 1 aliphatic carbocycles. The molecule has 1 saturated carbocycles. The number of hydrogen-bond donors (Lipinski definition) is 1. The molecule has 1 saturated heterocycles. The summed E-state index contributed by atoms with van der Waals surface area (Å²) < 4.78 is 0. The van der Waals surface area contributed by atoms with E-state index in [0.717, 1.165) is 18.8 Å². The van der Waals surface area contributed by atoms with E-state index >= 15 is 0 Å². The Kier molecular flexibility index (Phi) is 2.77. The minimum atomic E-state index is 0.523. The van der Waals surface area contributed by atoms with Crippen LogP contribution in [0.2, 0.25) is 0 Å². The average Bonchev–Trinajstić information content (AvgIpc) is 2.15. The lowest BCUT2D eigenvalue weighted by molar-refractivity contribution is 0.136. The summed E-state index contributed by atoms with van der Waals surface area (Å²) in [6, 6.07) is 0.623. The van der Waals surface area contributed by atoms with Crippen molar-refractivity contribution < 1.29 is 5.21 Å². The van der Waals surface area contributed by atoms with E-state index in [1.165, 1.54) is 19.3 Å². The van der Waals surface area contributed by atoms with E-state index in [-0.39, 0.29) is 0 Å². The van der Waals surface area contributed by atoms with Gasteiger partial charge in [-0.05, 0) is 26.7 Å². The van der Waals surface area contributed by atoms with Crippen LogP contribution in [0.25, 0.3) is 0 Å². The molecule has 0 radical (unpaired) electrons. The van der Waals surface area contributed by atoms with Gasteiger partial charge >= 0.3 is 0 Å². The van der Waals surface area contributed by atoms with Crippen molar-refractivity contribution in [2.24, 2.45) is 17.0 Å². The third-order valence-electron chi connectivity index (χ3n) is 3.70. The Balaban J connectivity index is 2.12. The number of nitrogens with zero attached hydrogens (tertiary/aromatic N) is 2. The van der Waals surface area contributed by atoms with Crippen molar-refractivity contribution in [3.05, 3.63) is 0 Å². The van der Waals surface area contributed by atoms with Gasteiger partial charge in [-0.3, -0.25) is 4.90 Å². The maximum absolute atomic E-state index is 8.99. The quantitative estimate of drug-likeness (QED) is 0.514. The van der Waals surface area contributed by atoms with Crippen molar-refractivity contribution in [1.82, 2.24) is 4.90 Å². The Hall–Kier alpha value is -0.570. The fourth-order valence-corrected chi connectivity index (χ4v) is 2.84. The number of rotatable bonds is 1. The number of hydrogen-bond acceptors (Lipinski definition) is 3. The number of oxime groups is 1. The fraction of sp³-hybridized carbons (Fsp3) is 0.909. The second kappa shape index (κ2) is 3.89. The smallest absolute Gasteiger partial charge is 0.0657 e. The van der Waals surface area contributed by atoms with Gasteiger partial charge in [0, 0.05) is 31.0 Å². The van der Waals surface area contributed by atoms with Crippen LogP contribution in [0, 0.1) is 11.8 Å². The van der Waals surface area contributed by atoms with E-state index in [4.69, 9.17) is 5.21 Å². The van der Waals surface area contributed by atoms with Crippen molar-refractivity contribution in [3.63, 3.8) is 0 Å². The monoisotopic (exact) mass is 196 g/mol. The normalized spacial score (nSPS) is 33.5. The summed E-state index contributed by atoms with van der Waals surface area (Å²) in [6.07, 6.45) is 3.72. The van der Waals surface area contributed by atoms with Gasteiger partial charge in [0.25, 0.3) is 0 Å². The second-order valence-electron chi connectivity index (χ2n) is 4.90. The maximum atomic E-state index is 8.99. The Morgan fingerprint density at radius 3 is 2.29 bits per heavy atom. The van der Waals surface area contributed by atoms with Crippen LogP contribution >= 0.6 is 0 Å². The molecule has 2 aliphatic rings. The van der Waals surface area contributed by atoms with E-state index in [1.807, 2.05) is 0 Å². The lowest BCUT2D eigenvalue weighted by Crippen LogP contribution is -2.51. The van der Waals surface area contributed by atoms with E-state index in [1.54, 1.807) is 0 Å². The summed E-state index contributed by atoms with van der Waals surface area (Å²) in [5, 5.41) is 12.5. The Morgan fingerprint density at radius 1 is 1.29 bits per heavy atom. The summed E-state index contributed by atoms with van der Waals surface area (Å²) in [5.74, 6) is 1.05. The molecular formula is C11H20N2O. The fourth-order valence-electron chi connectivity index (χ4n) is 2.84. The molecule has 3 heteroatoms. The van der Waals surface area contributed by atoms with Crippen LogP contribution in [0.5, 0.6) is 0 Å². The SMILES string of the molecule is CC(C)N1C[C@@H]2CCC[C@@H](C1)C2=NO. The van der Waals surface area contributed by atoms with Crippen molar-refractivity contribution >= 4 is 5.71 Å². The van der Waals surface area contributed by atoms with Gasteiger partial charge in [-0.25, -0.2) is 0 Å². The standard InChI is InChI=1S/C11H20N2O/c1-8(2)13-6-9-4-3-5-10(7-13)11(9)12-14/h8-10,14H,3-7H2,1-2H3/t9-,10-/m0/s1. The van der Waals surface area contributed by atoms with E-state index in [2.05, 4.69) is 23.9 Å². The number of piperidine rings is 1. The maximum Gasteiger partial charge on any atom is 0.0657 e. The zero-order valence-corrected chi connectivity index (χ0v) is 9.11. The summed E-state index contributed by atoms with van der Waals surface area (Å²) in [6.45, 7) is 6.68. The topological polar surface area (TPSA) is 35.8 Å². The van der Waals surface area contributed by atoms with Crippen molar-refractivity contribution in [2.45, 2.75) is 39.2 Å². The molecule has 0 aromatic rings. The summed E-state index contributed by atoms with van der Waals surface area (Å²) in [4.78, 5) is 2.52. The average molecular weight is 196 g/mol. The third kappa shape index (κ3) is 1.65. The Morgan fingerprint density at radius 2 is 1.86 bits per heavy atom. The first kappa shape index (κ1) is 9.97. The zero-order chi connectivity index (χ0) is 10.1. The van der Waals surface area contributed by atoms with Crippen LogP contribution in [0.3, 0.4) is 0 Å². The summed E-state index contributed by atoms with van der Waals surface area (Å²) >= 11 is 0. The summed E-state index contributed by atoms with van der Waals surface area (Å²) in [5.41, 5.74) is 1.08. The first-order valence-corrected chi connectivity index (χ1v) is 5.68. The molecule has 1 heterocycles. The molecule has 80 valence electrons.